The largest absolute Gasteiger partial charge is 0.478 e. The molecule has 4 N–H and O–H groups in total. The molecule has 0 aliphatic rings. The lowest BCUT2D eigenvalue weighted by molar-refractivity contribution is 0.0698. The second kappa shape index (κ2) is 5.97. The molecule has 5 nitrogen and oxygen atoms in total. The Morgan fingerprint density at radius 3 is 2.52 bits per heavy atom. The third-order valence-corrected chi connectivity index (χ3v) is 3.28. The summed E-state index contributed by atoms with van der Waals surface area (Å²) in [6.45, 7) is 1.87. The van der Waals surface area contributed by atoms with Crippen molar-refractivity contribution in [3.63, 3.8) is 0 Å². The molecular formula is C15H13BrN2O3. The van der Waals surface area contributed by atoms with Crippen molar-refractivity contribution < 1.29 is 14.7 Å². The maximum absolute atomic E-state index is 12.2. The van der Waals surface area contributed by atoms with Gasteiger partial charge in [0, 0.05) is 15.7 Å². The first-order chi connectivity index (χ1) is 9.86. The number of hydrogen-bond donors (Lipinski definition) is 3. The number of carboxylic acids is 1. The van der Waals surface area contributed by atoms with Gasteiger partial charge in [0.1, 0.15) is 0 Å². The lowest BCUT2D eigenvalue weighted by atomic mass is 10.1. The highest BCUT2D eigenvalue weighted by molar-refractivity contribution is 9.10. The number of nitrogens with one attached hydrogen (secondary N) is 1. The van der Waals surface area contributed by atoms with Crippen LogP contribution in [0.25, 0.3) is 0 Å². The van der Waals surface area contributed by atoms with E-state index in [1.165, 1.54) is 18.2 Å². The lowest BCUT2D eigenvalue weighted by Gasteiger charge is -2.10. The summed E-state index contributed by atoms with van der Waals surface area (Å²) < 4.78 is 0.781. The molecule has 0 saturated carbocycles. The third-order valence-electron chi connectivity index (χ3n) is 2.83. The van der Waals surface area contributed by atoms with Crippen molar-refractivity contribution in [1.29, 1.82) is 0 Å². The van der Waals surface area contributed by atoms with Gasteiger partial charge in [0.05, 0.1) is 11.3 Å². The number of hydrogen-bond acceptors (Lipinski definition) is 3. The van der Waals surface area contributed by atoms with Crippen molar-refractivity contribution >= 4 is 39.2 Å². The average Bonchev–Trinajstić information content (AvgIpc) is 2.39. The van der Waals surface area contributed by atoms with E-state index in [0.29, 0.717) is 11.3 Å². The van der Waals surface area contributed by atoms with Crippen molar-refractivity contribution in [2.75, 3.05) is 11.1 Å². The van der Waals surface area contributed by atoms with E-state index in [1.807, 2.05) is 13.0 Å². The number of benzene rings is 2. The SMILES string of the molecule is Cc1cc(Br)cc(C(=O)Nc2ccc(N)cc2C(=O)O)c1. The molecule has 0 bridgehead atoms. The van der Waals surface area contributed by atoms with E-state index in [-0.39, 0.29) is 17.2 Å². The first-order valence-corrected chi connectivity index (χ1v) is 6.87. The zero-order valence-corrected chi connectivity index (χ0v) is 12.8. The molecule has 0 fully saturated rings. The summed E-state index contributed by atoms with van der Waals surface area (Å²) in [5, 5.41) is 11.7. The number of rotatable bonds is 3. The van der Waals surface area contributed by atoms with Gasteiger partial charge in [-0.1, -0.05) is 15.9 Å². The molecule has 0 atom stereocenters. The molecule has 2 aromatic rings. The quantitative estimate of drug-likeness (QED) is 0.742. The average molecular weight is 349 g/mol. The summed E-state index contributed by atoms with van der Waals surface area (Å²) in [5.74, 6) is -1.53. The van der Waals surface area contributed by atoms with Gasteiger partial charge in [-0.3, -0.25) is 4.79 Å². The Bertz CT molecular complexity index is 709. The lowest BCUT2D eigenvalue weighted by Crippen LogP contribution is -2.15. The molecule has 0 spiro atoms. The van der Waals surface area contributed by atoms with E-state index < -0.39 is 5.97 Å². The van der Waals surface area contributed by atoms with Crippen LogP contribution in [0.4, 0.5) is 11.4 Å². The van der Waals surface area contributed by atoms with Crippen LogP contribution >= 0.6 is 15.9 Å². The highest BCUT2D eigenvalue weighted by atomic mass is 79.9. The monoisotopic (exact) mass is 348 g/mol. The summed E-state index contributed by atoms with van der Waals surface area (Å²) in [7, 11) is 0. The van der Waals surface area contributed by atoms with Crippen LogP contribution < -0.4 is 11.1 Å². The number of amides is 1. The number of nitrogen functional groups attached to an aromatic ring is 1. The Labute approximate surface area is 129 Å². The van der Waals surface area contributed by atoms with E-state index in [0.717, 1.165) is 10.0 Å². The smallest absolute Gasteiger partial charge is 0.337 e. The van der Waals surface area contributed by atoms with E-state index >= 15 is 0 Å². The second-order valence-electron chi connectivity index (χ2n) is 4.58. The summed E-state index contributed by atoms with van der Waals surface area (Å²) >= 11 is 3.32. The van der Waals surface area contributed by atoms with Crippen LogP contribution in [0.15, 0.2) is 40.9 Å². The minimum Gasteiger partial charge on any atom is -0.478 e. The first kappa shape index (κ1) is 15.1. The molecular weight excluding hydrogens is 336 g/mol. The molecule has 0 aliphatic carbocycles. The fourth-order valence-electron chi connectivity index (χ4n) is 1.91. The van der Waals surface area contributed by atoms with Crippen LogP contribution in [0.1, 0.15) is 26.3 Å². The Balaban J connectivity index is 2.33. The molecule has 108 valence electrons. The maximum Gasteiger partial charge on any atom is 0.337 e. The van der Waals surface area contributed by atoms with Crippen LogP contribution in [0, 0.1) is 6.92 Å². The van der Waals surface area contributed by atoms with Gasteiger partial charge in [-0.25, -0.2) is 4.79 Å². The van der Waals surface area contributed by atoms with E-state index in [1.54, 1.807) is 12.1 Å². The van der Waals surface area contributed by atoms with Crippen LogP contribution in [0.3, 0.4) is 0 Å². The van der Waals surface area contributed by atoms with Crippen molar-refractivity contribution in [1.82, 2.24) is 0 Å². The molecule has 0 saturated heterocycles. The van der Waals surface area contributed by atoms with Crippen LogP contribution in [-0.4, -0.2) is 17.0 Å². The molecule has 0 unspecified atom stereocenters. The Kier molecular flexibility index (Phi) is 4.28. The van der Waals surface area contributed by atoms with Gasteiger partial charge >= 0.3 is 5.97 Å². The molecule has 2 aromatic carbocycles. The zero-order valence-electron chi connectivity index (χ0n) is 11.2. The molecule has 0 radical (unpaired) electrons. The number of carbonyl (C=O) groups excluding carboxylic acids is 1. The summed E-state index contributed by atoms with van der Waals surface area (Å²) in [6.07, 6.45) is 0. The normalized spacial score (nSPS) is 10.2. The van der Waals surface area contributed by atoms with Gasteiger partial charge in [0.25, 0.3) is 5.91 Å². The van der Waals surface area contributed by atoms with Gasteiger partial charge in [0.15, 0.2) is 0 Å². The van der Waals surface area contributed by atoms with E-state index in [9.17, 15) is 9.59 Å². The molecule has 1 amide bonds. The molecule has 0 heterocycles. The number of halogens is 1. The Morgan fingerprint density at radius 1 is 1.19 bits per heavy atom. The minimum absolute atomic E-state index is 0.0462. The molecule has 2 rings (SSSR count). The number of carbonyl (C=O) groups is 2. The summed E-state index contributed by atoms with van der Waals surface area (Å²) in [6, 6.07) is 9.58. The van der Waals surface area contributed by atoms with Gasteiger partial charge in [-0.05, 0) is 48.9 Å². The number of aromatic carboxylic acids is 1. The van der Waals surface area contributed by atoms with Gasteiger partial charge in [-0.2, -0.15) is 0 Å². The first-order valence-electron chi connectivity index (χ1n) is 6.08. The molecule has 0 aliphatic heterocycles. The van der Waals surface area contributed by atoms with Crippen LogP contribution in [0.2, 0.25) is 0 Å². The van der Waals surface area contributed by atoms with Crippen molar-refractivity contribution in [3.8, 4) is 0 Å². The van der Waals surface area contributed by atoms with Gasteiger partial charge in [0.2, 0.25) is 0 Å². The summed E-state index contributed by atoms with van der Waals surface area (Å²) in [4.78, 5) is 23.4. The van der Waals surface area contributed by atoms with Crippen molar-refractivity contribution in [2.45, 2.75) is 6.92 Å². The standard InChI is InChI=1S/C15H13BrN2O3/c1-8-4-9(6-10(16)5-8)14(19)18-13-3-2-11(17)7-12(13)15(20)21/h2-7H,17H2,1H3,(H,18,19)(H,20,21). The third kappa shape index (κ3) is 3.61. The number of aryl methyl sites for hydroxylation is 1. The molecule has 0 aromatic heterocycles. The predicted molar refractivity (Wildman–Crippen MR) is 84.6 cm³/mol. The van der Waals surface area contributed by atoms with Crippen LogP contribution in [-0.2, 0) is 0 Å². The highest BCUT2D eigenvalue weighted by Crippen LogP contribution is 2.21. The summed E-state index contributed by atoms with van der Waals surface area (Å²) in [5.41, 5.74) is 7.41. The highest BCUT2D eigenvalue weighted by Gasteiger charge is 2.14. The van der Waals surface area contributed by atoms with Crippen LogP contribution in [0.5, 0.6) is 0 Å². The molecule has 6 heteroatoms. The van der Waals surface area contributed by atoms with Gasteiger partial charge < -0.3 is 16.2 Å². The second-order valence-corrected chi connectivity index (χ2v) is 5.50. The maximum atomic E-state index is 12.2. The number of anilines is 2. The number of carboxylic acid groups (broad SMARTS) is 1. The van der Waals surface area contributed by atoms with Gasteiger partial charge in [-0.15, -0.1) is 0 Å². The minimum atomic E-state index is -1.15. The van der Waals surface area contributed by atoms with Crippen molar-refractivity contribution in [3.05, 3.63) is 57.6 Å². The fourth-order valence-corrected chi connectivity index (χ4v) is 2.52. The predicted octanol–water partition coefficient (Wildman–Crippen LogP) is 3.29. The Hall–Kier alpha value is -2.34. The zero-order chi connectivity index (χ0) is 15.6. The van der Waals surface area contributed by atoms with Crippen molar-refractivity contribution in [2.24, 2.45) is 0 Å². The topological polar surface area (TPSA) is 92.4 Å². The van der Waals surface area contributed by atoms with E-state index in [2.05, 4.69) is 21.2 Å². The Morgan fingerprint density at radius 2 is 1.90 bits per heavy atom. The van der Waals surface area contributed by atoms with E-state index in [4.69, 9.17) is 10.8 Å². The number of nitrogens with two attached hydrogens (primary N) is 1. The molecule has 21 heavy (non-hydrogen) atoms. The fraction of sp³-hybridized carbons (Fsp3) is 0.0667.